The highest BCUT2D eigenvalue weighted by atomic mass is 16.6. The number of nitro groups is 1. The molecule has 2 rings (SSSR count). The van der Waals surface area contributed by atoms with Gasteiger partial charge in [0.25, 0.3) is 11.6 Å². The molecular formula is C19H20N2O5. The summed E-state index contributed by atoms with van der Waals surface area (Å²) in [6.45, 7) is 5.84. The maximum absolute atomic E-state index is 12.3. The highest BCUT2D eigenvalue weighted by Gasteiger charge is 2.15. The number of benzene rings is 2. The number of ether oxygens (including phenoxy) is 1. The number of carbonyl (C=O) groups is 2. The fraction of sp³-hybridized carbons (Fsp3) is 0.263. The lowest BCUT2D eigenvalue weighted by Gasteiger charge is -2.09. The predicted octanol–water partition coefficient (Wildman–Crippen LogP) is 3.97. The molecule has 0 fully saturated rings. The van der Waals surface area contributed by atoms with E-state index in [1.165, 1.54) is 18.2 Å². The molecule has 7 heteroatoms. The summed E-state index contributed by atoms with van der Waals surface area (Å²) >= 11 is 0. The van der Waals surface area contributed by atoms with Gasteiger partial charge in [0, 0.05) is 22.9 Å². The Morgan fingerprint density at radius 2 is 1.73 bits per heavy atom. The molecule has 136 valence electrons. The molecule has 0 spiro atoms. The summed E-state index contributed by atoms with van der Waals surface area (Å²) in [5.74, 6) is -0.648. The number of nitrogens with zero attached hydrogens (tertiary/aromatic N) is 1. The number of nitro benzene ring substituents is 1. The predicted molar refractivity (Wildman–Crippen MR) is 97.3 cm³/mol. The Morgan fingerprint density at radius 3 is 2.31 bits per heavy atom. The molecule has 2 aromatic carbocycles. The van der Waals surface area contributed by atoms with Crippen molar-refractivity contribution in [3.05, 3.63) is 69.3 Å². The van der Waals surface area contributed by atoms with Crippen LogP contribution in [0.5, 0.6) is 0 Å². The number of rotatable bonds is 6. The van der Waals surface area contributed by atoms with E-state index >= 15 is 0 Å². The molecule has 0 bridgehead atoms. The minimum Gasteiger partial charge on any atom is -0.462 e. The molecule has 0 atom stereocenters. The lowest BCUT2D eigenvalue weighted by atomic mass is 10.1. The fourth-order valence-electron chi connectivity index (χ4n) is 2.17. The Kier molecular flexibility index (Phi) is 6.06. The minimum absolute atomic E-state index is 0.110. The first-order chi connectivity index (χ1) is 12.3. The van der Waals surface area contributed by atoms with Gasteiger partial charge < -0.3 is 10.1 Å². The number of amides is 1. The molecule has 1 amide bonds. The van der Waals surface area contributed by atoms with E-state index in [1.54, 1.807) is 31.2 Å². The second-order valence-corrected chi connectivity index (χ2v) is 6.28. The summed E-state index contributed by atoms with van der Waals surface area (Å²) in [5, 5.41) is 13.6. The quantitative estimate of drug-likeness (QED) is 0.480. The molecule has 0 aliphatic carbocycles. The van der Waals surface area contributed by atoms with Gasteiger partial charge in [0.05, 0.1) is 17.1 Å². The average Bonchev–Trinajstić information content (AvgIpc) is 2.60. The molecule has 2 aromatic rings. The van der Waals surface area contributed by atoms with E-state index in [0.29, 0.717) is 23.4 Å². The van der Waals surface area contributed by atoms with Gasteiger partial charge in [-0.1, -0.05) is 19.9 Å². The Labute approximate surface area is 151 Å². The monoisotopic (exact) mass is 356 g/mol. The molecule has 0 unspecified atom stereocenters. The fourth-order valence-corrected chi connectivity index (χ4v) is 2.17. The van der Waals surface area contributed by atoms with Crippen LogP contribution in [-0.2, 0) is 4.74 Å². The van der Waals surface area contributed by atoms with Crippen LogP contribution in [-0.4, -0.2) is 23.4 Å². The van der Waals surface area contributed by atoms with Gasteiger partial charge in [-0.2, -0.15) is 0 Å². The zero-order valence-corrected chi connectivity index (χ0v) is 14.8. The van der Waals surface area contributed by atoms with Crippen LogP contribution < -0.4 is 5.32 Å². The third-order valence-corrected chi connectivity index (χ3v) is 3.59. The normalized spacial score (nSPS) is 10.5. The van der Waals surface area contributed by atoms with Crippen molar-refractivity contribution in [3.8, 4) is 0 Å². The van der Waals surface area contributed by atoms with E-state index in [9.17, 15) is 19.7 Å². The molecular weight excluding hydrogens is 336 g/mol. The number of anilines is 1. The van der Waals surface area contributed by atoms with E-state index in [0.717, 1.165) is 0 Å². The van der Waals surface area contributed by atoms with Crippen molar-refractivity contribution in [1.82, 2.24) is 0 Å². The number of carbonyl (C=O) groups excluding carboxylic acids is 2. The van der Waals surface area contributed by atoms with Crippen molar-refractivity contribution in [1.29, 1.82) is 0 Å². The minimum atomic E-state index is -0.524. The molecule has 0 aliphatic rings. The van der Waals surface area contributed by atoms with Gasteiger partial charge in [0.2, 0.25) is 0 Å². The first-order valence-corrected chi connectivity index (χ1v) is 8.11. The maximum atomic E-state index is 12.3. The summed E-state index contributed by atoms with van der Waals surface area (Å²) in [6.07, 6.45) is 0. The lowest BCUT2D eigenvalue weighted by Crippen LogP contribution is -2.13. The van der Waals surface area contributed by atoms with Crippen LogP contribution in [0.15, 0.2) is 42.5 Å². The van der Waals surface area contributed by atoms with Gasteiger partial charge in [-0.15, -0.1) is 0 Å². The largest absolute Gasteiger partial charge is 0.462 e. The molecule has 0 aliphatic heterocycles. The van der Waals surface area contributed by atoms with Gasteiger partial charge in [-0.05, 0) is 43.2 Å². The van der Waals surface area contributed by atoms with E-state index in [4.69, 9.17) is 4.74 Å². The molecule has 1 N–H and O–H groups in total. The van der Waals surface area contributed by atoms with Crippen molar-refractivity contribution >= 4 is 23.3 Å². The summed E-state index contributed by atoms with van der Waals surface area (Å²) in [5.41, 5.74) is 1.41. The van der Waals surface area contributed by atoms with Crippen molar-refractivity contribution in [2.75, 3.05) is 11.9 Å². The van der Waals surface area contributed by atoms with Crippen LogP contribution in [0.4, 0.5) is 11.4 Å². The van der Waals surface area contributed by atoms with Crippen molar-refractivity contribution in [2.24, 2.45) is 5.92 Å². The van der Waals surface area contributed by atoms with Gasteiger partial charge >= 0.3 is 5.97 Å². The van der Waals surface area contributed by atoms with E-state index in [-0.39, 0.29) is 17.2 Å². The number of aryl methyl sites for hydroxylation is 1. The Hall–Kier alpha value is -3.22. The van der Waals surface area contributed by atoms with Gasteiger partial charge in [-0.3, -0.25) is 14.9 Å². The van der Waals surface area contributed by atoms with Crippen LogP contribution in [0.1, 0.15) is 40.1 Å². The number of hydrogen-bond acceptors (Lipinski definition) is 5. The summed E-state index contributed by atoms with van der Waals surface area (Å²) in [6, 6.07) is 10.5. The zero-order valence-electron chi connectivity index (χ0n) is 14.8. The average molecular weight is 356 g/mol. The van der Waals surface area contributed by atoms with Crippen LogP contribution in [0.2, 0.25) is 0 Å². The summed E-state index contributed by atoms with van der Waals surface area (Å²) in [4.78, 5) is 34.6. The highest BCUT2D eigenvalue weighted by molar-refractivity contribution is 6.05. The summed E-state index contributed by atoms with van der Waals surface area (Å²) < 4.78 is 5.14. The standard InChI is InChI=1S/C19H20N2O5/c1-12(2)11-26-19(23)14-6-8-16(9-7-14)20-18(22)15-5-4-13(3)17(10-15)21(24)25/h4-10,12H,11H2,1-3H3,(H,20,22). The van der Waals surface area contributed by atoms with Crippen LogP contribution in [0.25, 0.3) is 0 Å². The van der Waals surface area contributed by atoms with Crippen LogP contribution in [0, 0.1) is 23.0 Å². The molecule has 0 saturated carbocycles. The molecule has 26 heavy (non-hydrogen) atoms. The van der Waals surface area contributed by atoms with E-state index in [1.807, 2.05) is 13.8 Å². The topological polar surface area (TPSA) is 98.5 Å². The van der Waals surface area contributed by atoms with Gasteiger partial charge in [-0.25, -0.2) is 4.79 Å². The number of nitrogens with one attached hydrogen (secondary N) is 1. The van der Waals surface area contributed by atoms with Gasteiger partial charge in [0.15, 0.2) is 0 Å². The van der Waals surface area contributed by atoms with E-state index < -0.39 is 16.8 Å². The van der Waals surface area contributed by atoms with Crippen LogP contribution >= 0.6 is 0 Å². The second kappa shape index (κ2) is 8.24. The maximum Gasteiger partial charge on any atom is 0.338 e. The SMILES string of the molecule is Cc1ccc(C(=O)Nc2ccc(C(=O)OCC(C)C)cc2)cc1[N+](=O)[O-]. The first-order valence-electron chi connectivity index (χ1n) is 8.11. The molecule has 7 nitrogen and oxygen atoms in total. The first kappa shape index (κ1) is 19.1. The molecule has 0 saturated heterocycles. The highest BCUT2D eigenvalue weighted by Crippen LogP contribution is 2.20. The van der Waals surface area contributed by atoms with Gasteiger partial charge in [0.1, 0.15) is 0 Å². The number of esters is 1. The Bertz CT molecular complexity index is 828. The second-order valence-electron chi connectivity index (χ2n) is 6.28. The zero-order chi connectivity index (χ0) is 19.3. The molecule has 0 heterocycles. The third kappa shape index (κ3) is 4.89. The Balaban J connectivity index is 2.07. The smallest absolute Gasteiger partial charge is 0.338 e. The van der Waals surface area contributed by atoms with Crippen molar-refractivity contribution < 1.29 is 19.2 Å². The molecule has 0 radical (unpaired) electrons. The third-order valence-electron chi connectivity index (χ3n) is 3.59. The molecule has 0 aromatic heterocycles. The summed E-state index contributed by atoms with van der Waals surface area (Å²) in [7, 11) is 0. The lowest BCUT2D eigenvalue weighted by molar-refractivity contribution is -0.385. The van der Waals surface area contributed by atoms with Crippen LogP contribution in [0.3, 0.4) is 0 Å². The van der Waals surface area contributed by atoms with E-state index in [2.05, 4.69) is 5.32 Å². The Morgan fingerprint density at radius 1 is 1.12 bits per heavy atom. The van der Waals surface area contributed by atoms with Crippen molar-refractivity contribution in [3.63, 3.8) is 0 Å². The number of hydrogen-bond donors (Lipinski definition) is 1. The van der Waals surface area contributed by atoms with Crippen molar-refractivity contribution in [2.45, 2.75) is 20.8 Å².